The number of Topliss-reactive ketones (excluding diaryl/α,β-unsaturated/α-hetero) is 1. The first-order valence-corrected chi connectivity index (χ1v) is 3.67. The average molecular weight is 174 g/mol. The second kappa shape index (κ2) is 4.84. The molecule has 4 N–H and O–H groups in total. The topological polar surface area (TPSA) is 92.4 Å². The van der Waals surface area contributed by atoms with E-state index in [1.54, 1.807) is 0 Å². The van der Waals surface area contributed by atoms with Gasteiger partial charge in [-0.3, -0.25) is 9.59 Å². The van der Waals surface area contributed by atoms with Gasteiger partial charge >= 0.3 is 0 Å². The molecule has 0 aromatic rings. The lowest BCUT2D eigenvalue weighted by Crippen LogP contribution is -2.48. The number of hydrogen-bond donors (Lipinski definition) is 3. The van der Waals surface area contributed by atoms with Crippen molar-refractivity contribution < 1.29 is 14.7 Å². The number of ketones is 1. The van der Waals surface area contributed by atoms with E-state index in [2.05, 4.69) is 5.32 Å². The lowest BCUT2D eigenvalue weighted by Gasteiger charge is -2.17. The van der Waals surface area contributed by atoms with Crippen LogP contribution >= 0.6 is 0 Å². The Hall–Kier alpha value is -0.940. The molecule has 70 valence electrons. The van der Waals surface area contributed by atoms with Crippen LogP contribution in [0.1, 0.15) is 13.8 Å². The zero-order chi connectivity index (χ0) is 9.72. The first-order chi connectivity index (χ1) is 5.49. The first-order valence-electron chi connectivity index (χ1n) is 3.67. The molecule has 0 bridgehead atoms. The van der Waals surface area contributed by atoms with Gasteiger partial charge in [0.1, 0.15) is 6.04 Å². The Kier molecular flexibility index (Phi) is 4.46. The fourth-order valence-electron chi connectivity index (χ4n) is 0.794. The highest BCUT2D eigenvalue weighted by Gasteiger charge is 2.20. The third kappa shape index (κ3) is 3.45. The summed E-state index contributed by atoms with van der Waals surface area (Å²) in [4.78, 5) is 21.6. The second-order valence-corrected chi connectivity index (χ2v) is 2.60. The molecule has 0 aliphatic carbocycles. The zero-order valence-electron chi connectivity index (χ0n) is 7.20. The Morgan fingerprint density at radius 2 is 2.08 bits per heavy atom. The Balaban J connectivity index is 4.14. The normalized spacial score (nSPS) is 15.0. The van der Waals surface area contributed by atoms with Crippen LogP contribution in [-0.4, -0.2) is 35.5 Å². The lowest BCUT2D eigenvalue weighted by atomic mass is 10.1. The van der Waals surface area contributed by atoms with Gasteiger partial charge in [0.05, 0.1) is 12.6 Å². The number of amides is 1. The minimum atomic E-state index is -0.891. The molecule has 0 aliphatic rings. The van der Waals surface area contributed by atoms with Crippen molar-refractivity contribution in [3.63, 3.8) is 0 Å². The molecule has 0 aromatic heterocycles. The van der Waals surface area contributed by atoms with Gasteiger partial charge in [-0.2, -0.15) is 0 Å². The van der Waals surface area contributed by atoms with Crippen molar-refractivity contribution in [3.05, 3.63) is 0 Å². The number of nitrogens with one attached hydrogen (secondary N) is 1. The summed E-state index contributed by atoms with van der Waals surface area (Å²) in [5.41, 5.74) is 5.02. The monoisotopic (exact) mass is 174 g/mol. The molecule has 0 fully saturated rings. The summed E-state index contributed by atoms with van der Waals surface area (Å²) >= 11 is 0. The molecule has 0 radical (unpaired) electrons. The maximum atomic E-state index is 10.8. The molecule has 1 amide bonds. The number of nitrogens with two attached hydrogens (primary N) is 1. The van der Waals surface area contributed by atoms with Gasteiger partial charge in [-0.25, -0.2) is 0 Å². The van der Waals surface area contributed by atoms with E-state index in [-0.39, 0.29) is 12.3 Å². The minimum Gasteiger partial charge on any atom is -0.391 e. The minimum absolute atomic E-state index is 0.184. The van der Waals surface area contributed by atoms with Crippen LogP contribution in [0.4, 0.5) is 0 Å². The van der Waals surface area contributed by atoms with Gasteiger partial charge < -0.3 is 16.2 Å². The zero-order valence-corrected chi connectivity index (χ0v) is 7.20. The smallest absolute Gasteiger partial charge is 0.234 e. The molecule has 0 unspecified atom stereocenters. The third-order valence-electron chi connectivity index (χ3n) is 1.42. The van der Waals surface area contributed by atoms with Crippen molar-refractivity contribution in [2.24, 2.45) is 5.73 Å². The van der Waals surface area contributed by atoms with Crippen LogP contribution in [-0.2, 0) is 9.59 Å². The maximum absolute atomic E-state index is 10.8. The number of aliphatic hydroxyl groups is 1. The van der Waals surface area contributed by atoms with Gasteiger partial charge in [-0.1, -0.05) is 0 Å². The van der Waals surface area contributed by atoms with E-state index >= 15 is 0 Å². The Morgan fingerprint density at radius 1 is 1.58 bits per heavy atom. The van der Waals surface area contributed by atoms with E-state index in [1.165, 1.54) is 13.8 Å². The summed E-state index contributed by atoms with van der Waals surface area (Å²) in [6.45, 7) is 2.55. The van der Waals surface area contributed by atoms with Crippen molar-refractivity contribution in [2.75, 3.05) is 6.54 Å². The molecule has 0 aliphatic heterocycles. The second-order valence-electron chi connectivity index (χ2n) is 2.60. The van der Waals surface area contributed by atoms with Crippen LogP contribution in [0.25, 0.3) is 0 Å². The standard InChI is InChI=1S/C7H14N2O3/c1-4(10)7(5(2)11)9-6(12)3-8/h4,7,10H,3,8H2,1-2H3,(H,9,12)/t4-,7+/m1/s1. The van der Waals surface area contributed by atoms with Crippen molar-refractivity contribution in [1.29, 1.82) is 0 Å². The molecule has 12 heavy (non-hydrogen) atoms. The molecule has 0 rings (SSSR count). The molecule has 0 spiro atoms. The SMILES string of the molecule is CC(=O)[C@@H](NC(=O)CN)[C@@H](C)O. The predicted octanol–water partition coefficient (Wildman–Crippen LogP) is -1.60. The third-order valence-corrected chi connectivity index (χ3v) is 1.42. The van der Waals surface area contributed by atoms with Crippen molar-refractivity contribution >= 4 is 11.7 Å². The summed E-state index contributed by atoms with van der Waals surface area (Å²) < 4.78 is 0. The van der Waals surface area contributed by atoms with E-state index in [9.17, 15) is 9.59 Å². The highest BCUT2D eigenvalue weighted by Crippen LogP contribution is 1.93. The average Bonchev–Trinajstić information content (AvgIpc) is 1.98. The molecular weight excluding hydrogens is 160 g/mol. The van der Waals surface area contributed by atoms with Crippen molar-refractivity contribution in [2.45, 2.75) is 26.0 Å². The van der Waals surface area contributed by atoms with E-state index in [1.807, 2.05) is 0 Å². The number of aliphatic hydroxyl groups excluding tert-OH is 1. The van der Waals surface area contributed by atoms with Crippen LogP contribution in [0.15, 0.2) is 0 Å². The Labute approximate surface area is 70.9 Å². The summed E-state index contributed by atoms with van der Waals surface area (Å²) in [6.07, 6.45) is -0.891. The van der Waals surface area contributed by atoms with Crippen LogP contribution in [0, 0.1) is 0 Å². The van der Waals surface area contributed by atoms with Gasteiger partial charge in [0.2, 0.25) is 5.91 Å². The van der Waals surface area contributed by atoms with Gasteiger partial charge in [0.15, 0.2) is 5.78 Å². The van der Waals surface area contributed by atoms with E-state index in [4.69, 9.17) is 10.8 Å². The number of hydrogen-bond acceptors (Lipinski definition) is 4. The molecule has 5 nitrogen and oxygen atoms in total. The molecule has 0 saturated carbocycles. The Bertz CT molecular complexity index is 179. The summed E-state index contributed by atoms with van der Waals surface area (Å²) in [6, 6.07) is -0.846. The number of carbonyl (C=O) groups excluding carboxylic acids is 2. The number of rotatable bonds is 4. The predicted molar refractivity (Wildman–Crippen MR) is 43.3 cm³/mol. The highest BCUT2D eigenvalue weighted by atomic mass is 16.3. The van der Waals surface area contributed by atoms with Crippen molar-refractivity contribution in [1.82, 2.24) is 5.32 Å². The van der Waals surface area contributed by atoms with E-state index < -0.39 is 18.1 Å². The summed E-state index contributed by atoms with van der Waals surface area (Å²) in [7, 11) is 0. The summed E-state index contributed by atoms with van der Waals surface area (Å²) in [5.74, 6) is -0.733. The van der Waals surface area contributed by atoms with Crippen LogP contribution < -0.4 is 11.1 Å². The van der Waals surface area contributed by atoms with Crippen LogP contribution in [0.2, 0.25) is 0 Å². The quantitative estimate of drug-likeness (QED) is 0.478. The summed E-state index contributed by atoms with van der Waals surface area (Å²) in [5, 5.41) is 11.4. The van der Waals surface area contributed by atoms with Gasteiger partial charge in [-0.05, 0) is 13.8 Å². The molecule has 2 atom stereocenters. The van der Waals surface area contributed by atoms with Crippen LogP contribution in [0.5, 0.6) is 0 Å². The molecule has 0 aromatic carbocycles. The number of carbonyl (C=O) groups is 2. The van der Waals surface area contributed by atoms with Gasteiger partial charge in [-0.15, -0.1) is 0 Å². The van der Waals surface area contributed by atoms with Gasteiger partial charge in [0.25, 0.3) is 0 Å². The molecule has 5 heteroatoms. The lowest BCUT2D eigenvalue weighted by molar-refractivity contribution is -0.128. The van der Waals surface area contributed by atoms with Crippen molar-refractivity contribution in [3.8, 4) is 0 Å². The molecular formula is C7H14N2O3. The van der Waals surface area contributed by atoms with E-state index in [0.29, 0.717) is 0 Å². The highest BCUT2D eigenvalue weighted by molar-refractivity contribution is 5.88. The maximum Gasteiger partial charge on any atom is 0.234 e. The van der Waals surface area contributed by atoms with E-state index in [0.717, 1.165) is 0 Å². The molecule has 0 heterocycles. The fraction of sp³-hybridized carbons (Fsp3) is 0.714. The molecule has 0 saturated heterocycles. The first kappa shape index (κ1) is 11.1. The fourth-order valence-corrected chi connectivity index (χ4v) is 0.794. The largest absolute Gasteiger partial charge is 0.391 e. The van der Waals surface area contributed by atoms with Crippen LogP contribution in [0.3, 0.4) is 0 Å². The Morgan fingerprint density at radius 3 is 2.33 bits per heavy atom. The van der Waals surface area contributed by atoms with Gasteiger partial charge in [0, 0.05) is 0 Å².